The second-order valence-electron chi connectivity index (χ2n) is 4.29. The molecule has 0 fully saturated rings. The molecule has 0 aromatic heterocycles. The predicted molar refractivity (Wildman–Crippen MR) is 86.0 cm³/mol. The molecule has 2 aromatic rings. The molecule has 23 heavy (non-hydrogen) atoms. The van der Waals surface area contributed by atoms with E-state index in [1.807, 2.05) is 24.3 Å². The van der Waals surface area contributed by atoms with Crippen LogP contribution < -0.4 is 16.0 Å². The van der Waals surface area contributed by atoms with Crippen LogP contribution in [0.25, 0.3) is 10.8 Å². The van der Waals surface area contributed by atoms with Gasteiger partial charge in [-0.25, -0.2) is 9.59 Å². The number of nitrogens with two attached hydrogens (primary N) is 1. The fraction of sp³-hybridized carbons (Fsp3) is 0.125. The van der Waals surface area contributed by atoms with Crippen LogP contribution in [0.5, 0.6) is 5.75 Å². The lowest BCUT2D eigenvalue weighted by atomic mass is 10.1. The van der Waals surface area contributed by atoms with Crippen molar-refractivity contribution in [3.63, 3.8) is 0 Å². The molecule has 0 saturated carbocycles. The predicted octanol–water partition coefficient (Wildman–Crippen LogP) is 1.39. The van der Waals surface area contributed by atoms with Gasteiger partial charge >= 0.3 is 11.9 Å². The lowest BCUT2D eigenvalue weighted by Gasteiger charge is -2.08. The van der Waals surface area contributed by atoms with Crippen LogP contribution in [-0.2, 0) is 9.59 Å². The Kier molecular flexibility index (Phi) is 7.84. The Hall–Kier alpha value is -2.90. The summed E-state index contributed by atoms with van der Waals surface area (Å²) < 4.78 is 5.62. The van der Waals surface area contributed by atoms with Crippen LogP contribution >= 0.6 is 0 Å². The Morgan fingerprint density at radius 1 is 1.04 bits per heavy atom. The minimum absolute atomic E-state index is 0.558. The molecule has 0 saturated heterocycles. The number of carboxylic acid groups (broad SMARTS) is 2. The van der Waals surface area contributed by atoms with Gasteiger partial charge in [0.15, 0.2) is 0 Å². The number of aliphatic carboxylic acids is 2. The standard InChI is InChI=1S/C12H14N2O.C4H4O4/c13-14-8-9-15-12-7-3-5-10-4-1-2-6-11(10)12;5-3(6)1-2-4(7)8/h1-7,14H,8-9,13H2;1-2H,(H,5,6)(H,7,8)/b;2-1-. The van der Waals surface area contributed by atoms with Gasteiger partial charge in [-0.15, -0.1) is 0 Å². The van der Waals surface area contributed by atoms with Crippen LogP contribution in [0, 0.1) is 0 Å². The molecule has 5 N–H and O–H groups in total. The third-order valence-corrected chi connectivity index (χ3v) is 2.62. The molecule has 2 rings (SSSR count). The molecule has 7 nitrogen and oxygen atoms in total. The van der Waals surface area contributed by atoms with E-state index in [2.05, 4.69) is 23.6 Å². The van der Waals surface area contributed by atoms with E-state index in [1.165, 1.54) is 5.39 Å². The van der Waals surface area contributed by atoms with Crippen molar-refractivity contribution >= 4 is 22.7 Å². The molecule has 7 heteroatoms. The molecule has 0 aliphatic heterocycles. The Morgan fingerprint density at radius 2 is 1.65 bits per heavy atom. The van der Waals surface area contributed by atoms with Gasteiger partial charge in [0.05, 0.1) is 0 Å². The van der Waals surface area contributed by atoms with Crippen molar-refractivity contribution in [1.29, 1.82) is 0 Å². The van der Waals surface area contributed by atoms with Gasteiger partial charge in [0.25, 0.3) is 0 Å². The van der Waals surface area contributed by atoms with Crippen LogP contribution in [0.1, 0.15) is 0 Å². The Balaban J connectivity index is 0.000000284. The van der Waals surface area contributed by atoms with Crippen molar-refractivity contribution in [3.05, 3.63) is 54.6 Å². The smallest absolute Gasteiger partial charge is 0.328 e. The molecular formula is C16H18N2O5. The van der Waals surface area contributed by atoms with Gasteiger partial charge < -0.3 is 14.9 Å². The summed E-state index contributed by atoms with van der Waals surface area (Å²) in [4.78, 5) is 19.1. The quantitative estimate of drug-likeness (QED) is 0.275. The van der Waals surface area contributed by atoms with Gasteiger partial charge in [-0.1, -0.05) is 36.4 Å². The molecule has 0 atom stereocenters. The summed E-state index contributed by atoms with van der Waals surface area (Å²) in [6, 6.07) is 14.2. The number of rotatable bonds is 6. The van der Waals surface area contributed by atoms with Gasteiger partial charge in [0, 0.05) is 24.1 Å². The van der Waals surface area contributed by atoms with Gasteiger partial charge in [-0.05, 0) is 11.5 Å². The van der Waals surface area contributed by atoms with E-state index in [1.54, 1.807) is 0 Å². The van der Waals surface area contributed by atoms with Crippen LogP contribution in [0.4, 0.5) is 0 Å². The van der Waals surface area contributed by atoms with E-state index in [0.29, 0.717) is 25.3 Å². The first-order valence-electron chi connectivity index (χ1n) is 6.72. The molecule has 0 unspecified atom stereocenters. The minimum atomic E-state index is -1.26. The molecule has 0 bridgehead atoms. The number of hydrazine groups is 1. The van der Waals surface area contributed by atoms with Crippen molar-refractivity contribution in [2.45, 2.75) is 0 Å². The fourth-order valence-electron chi connectivity index (χ4n) is 1.68. The van der Waals surface area contributed by atoms with Crippen molar-refractivity contribution in [1.82, 2.24) is 5.43 Å². The van der Waals surface area contributed by atoms with E-state index in [9.17, 15) is 9.59 Å². The lowest BCUT2D eigenvalue weighted by molar-refractivity contribution is -0.134. The zero-order chi connectivity index (χ0) is 17.1. The number of nitrogens with one attached hydrogen (secondary N) is 1. The summed E-state index contributed by atoms with van der Waals surface area (Å²) in [5.41, 5.74) is 2.56. The first-order chi connectivity index (χ1) is 11.0. The lowest BCUT2D eigenvalue weighted by Crippen LogP contribution is -2.27. The van der Waals surface area contributed by atoms with Crippen LogP contribution in [0.15, 0.2) is 54.6 Å². The summed E-state index contributed by atoms with van der Waals surface area (Å²) in [6.45, 7) is 1.22. The number of benzene rings is 2. The van der Waals surface area contributed by atoms with Crippen molar-refractivity contribution < 1.29 is 24.5 Å². The summed E-state index contributed by atoms with van der Waals surface area (Å²) in [6.07, 6.45) is 1.12. The second-order valence-corrected chi connectivity index (χ2v) is 4.29. The number of hydrogen-bond acceptors (Lipinski definition) is 5. The first kappa shape index (κ1) is 18.1. The van der Waals surface area contributed by atoms with E-state index < -0.39 is 11.9 Å². The average Bonchev–Trinajstić information content (AvgIpc) is 2.54. The maximum absolute atomic E-state index is 9.55. The maximum atomic E-state index is 9.55. The molecule has 2 aromatic carbocycles. The third kappa shape index (κ3) is 7.07. The molecule has 0 aliphatic carbocycles. The number of carboxylic acids is 2. The molecule has 122 valence electrons. The Labute approximate surface area is 133 Å². The van der Waals surface area contributed by atoms with Crippen LogP contribution in [-0.4, -0.2) is 35.3 Å². The highest BCUT2D eigenvalue weighted by atomic mass is 16.5. The van der Waals surface area contributed by atoms with Gasteiger partial charge in [-0.2, -0.15) is 0 Å². The molecule has 0 radical (unpaired) electrons. The Bertz CT molecular complexity index is 664. The van der Waals surface area contributed by atoms with E-state index in [-0.39, 0.29) is 0 Å². The van der Waals surface area contributed by atoms with Gasteiger partial charge in [0.1, 0.15) is 12.4 Å². The normalized spacial score (nSPS) is 10.1. The largest absolute Gasteiger partial charge is 0.492 e. The Morgan fingerprint density at radius 3 is 2.26 bits per heavy atom. The third-order valence-electron chi connectivity index (χ3n) is 2.62. The minimum Gasteiger partial charge on any atom is -0.492 e. The van der Waals surface area contributed by atoms with Crippen molar-refractivity contribution in [3.8, 4) is 5.75 Å². The first-order valence-corrected chi connectivity index (χ1v) is 6.72. The summed E-state index contributed by atoms with van der Waals surface area (Å²) >= 11 is 0. The number of ether oxygens (including phenoxy) is 1. The molecule has 0 spiro atoms. The van der Waals surface area contributed by atoms with Crippen LogP contribution in [0.2, 0.25) is 0 Å². The highest BCUT2D eigenvalue weighted by Crippen LogP contribution is 2.24. The number of hydrogen-bond donors (Lipinski definition) is 4. The van der Waals surface area contributed by atoms with E-state index >= 15 is 0 Å². The molecular weight excluding hydrogens is 300 g/mol. The number of carbonyl (C=O) groups is 2. The summed E-state index contributed by atoms with van der Waals surface area (Å²) in [5, 5.41) is 18.0. The van der Waals surface area contributed by atoms with Crippen molar-refractivity contribution in [2.24, 2.45) is 5.84 Å². The van der Waals surface area contributed by atoms with E-state index in [0.717, 1.165) is 11.1 Å². The van der Waals surface area contributed by atoms with Gasteiger partial charge in [0.2, 0.25) is 0 Å². The second kappa shape index (κ2) is 9.93. The van der Waals surface area contributed by atoms with E-state index in [4.69, 9.17) is 20.8 Å². The molecule has 0 heterocycles. The number of fused-ring (bicyclic) bond motifs is 1. The SMILES string of the molecule is NNCCOc1cccc2ccccc12.O=C(O)/C=C\C(=O)O. The highest BCUT2D eigenvalue weighted by molar-refractivity contribution is 5.89. The average molecular weight is 318 g/mol. The monoisotopic (exact) mass is 318 g/mol. The molecule has 0 aliphatic rings. The zero-order valence-electron chi connectivity index (χ0n) is 12.3. The molecule has 0 amide bonds. The topological polar surface area (TPSA) is 122 Å². The van der Waals surface area contributed by atoms with Crippen LogP contribution in [0.3, 0.4) is 0 Å². The highest BCUT2D eigenvalue weighted by Gasteiger charge is 1.99. The zero-order valence-corrected chi connectivity index (χ0v) is 12.3. The van der Waals surface area contributed by atoms with Crippen molar-refractivity contribution in [2.75, 3.05) is 13.2 Å². The summed E-state index contributed by atoms with van der Waals surface area (Å²) in [7, 11) is 0. The van der Waals surface area contributed by atoms with Gasteiger partial charge in [-0.3, -0.25) is 11.3 Å². The fourth-order valence-corrected chi connectivity index (χ4v) is 1.68. The maximum Gasteiger partial charge on any atom is 0.328 e. The summed E-state index contributed by atoms with van der Waals surface area (Å²) in [5.74, 6) is 3.57.